The number of carbonyl (C=O) groups excluding carboxylic acids is 1. The molecule has 0 bridgehead atoms. The molecule has 0 radical (unpaired) electrons. The molecule has 2 aliphatic heterocycles. The van der Waals surface area contributed by atoms with Crippen LogP contribution in [-0.2, 0) is 35.5 Å². The maximum Gasteiger partial charge on any atom is 0.139 e. The van der Waals surface area contributed by atoms with E-state index < -0.39 is 0 Å². The van der Waals surface area contributed by atoms with Crippen LogP contribution in [-0.4, -0.2) is 46.7 Å². The average Bonchev–Trinajstić information content (AvgIpc) is 3.45. The number of rotatable bonds is 7. The van der Waals surface area contributed by atoms with Crippen molar-refractivity contribution in [3.8, 4) is 0 Å². The van der Waals surface area contributed by atoms with E-state index in [2.05, 4.69) is 33.1 Å². The van der Waals surface area contributed by atoms with Gasteiger partial charge in [-0.3, -0.25) is 14.8 Å². The number of fused-ring (bicyclic) bond motifs is 2. The van der Waals surface area contributed by atoms with Crippen molar-refractivity contribution in [2.45, 2.75) is 38.3 Å². The summed E-state index contributed by atoms with van der Waals surface area (Å²) in [6.45, 7) is 2.97. The highest BCUT2D eigenvalue weighted by molar-refractivity contribution is 7.09. The molecule has 0 unspecified atom stereocenters. The van der Waals surface area contributed by atoms with E-state index >= 15 is 0 Å². The Bertz CT molecular complexity index is 1140. The first-order valence-corrected chi connectivity index (χ1v) is 11.8. The minimum atomic E-state index is 0.0637. The van der Waals surface area contributed by atoms with Crippen LogP contribution in [0.5, 0.6) is 0 Å². The van der Waals surface area contributed by atoms with Crippen molar-refractivity contribution in [3.05, 3.63) is 81.1 Å². The smallest absolute Gasteiger partial charge is 0.139 e. The summed E-state index contributed by atoms with van der Waals surface area (Å²) in [5.74, 6) is 1.26. The molecule has 2 aromatic heterocycles. The Kier molecular flexibility index (Phi) is 6.10. The highest BCUT2D eigenvalue weighted by atomic mass is 32.1. The van der Waals surface area contributed by atoms with Gasteiger partial charge in [-0.05, 0) is 17.2 Å². The zero-order valence-electron chi connectivity index (χ0n) is 18.2. The van der Waals surface area contributed by atoms with Crippen LogP contribution in [0, 0.1) is 0 Å². The maximum absolute atomic E-state index is 12.8. The van der Waals surface area contributed by atoms with Gasteiger partial charge in [0.2, 0.25) is 0 Å². The number of benzene rings is 1. The number of nitrogens with zero attached hydrogens (tertiary/aromatic N) is 4. The number of carbonyl (C=O) groups is 1. The third-order valence-corrected chi connectivity index (χ3v) is 7.02. The Labute approximate surface area is 192 Å². The molecule has 2 aliphatic rings. The minimum absolute atomic E-state index is 0.0637. The molecule has 1 atom stereocenters. The SMILES string of the molecule is COC[C@@H](CC(=O)Cc1cc2c(cn1)C(N1CCc3ncsc3C1)=NC2)c1ccccc1. The third-order valence-electron chi connectivity index (χ3n) is 6.16. The van der Waals surface area contributed by atoms with Gasteiger partial charge in [-0.1, -0.05) is 30.3 Å². The van der Waals surface area contributed by atoms with E-state index in [1.165, 1.54) is 10.6 Å². The Morgan fingerprint density at radius 3 is 2.97 bits per heavy atom. The van der Waals surface area contributed by atoms with Crippen LogP contribution in [0.1, 0.15) is 45.3 Å². The van der Waals surface area contributed by atoms with E-state index in [-0.39, 0.29) is 11.7 Å². The molecule has 0 spiro atoms. The Hall–Kier alpha value is -2.90. The van der Waals surface area contributed by atoms with Gasteiger partial charge in [0.25, 0.3) is 0 Å². The lowest BCUT2D eigenvalue weighted by Gasteiger charge is -2.28. The monoisotopic (exact) mass is 446 g/mol. The predicted molar refractivity (Wildman–Crippen MR) is 125 cm³/mol. The van der Waals surface area contributed by atoms with Crippen molar-refractivity contribution in [1.29, 1.82) is 0 Å². The molecule has 0 aliphatic carbocycles. The number of thiazole rings is 1. The van der Waals surface area contributed by atoms with Gasteiger partial charge in [-0.25, -0.2) is 4.98 Å². The molecule has 32 heavy (non-hydrogen) atoms. The number of aromatic nitrogens is 2. The lowest BCUT2D eigenvalue weighted by Crippen LogP contribution is -2.35. The van der Waals surface area contributed by atoms with Crippen LogP contribution in [0.2, 0.25) is 0 Å². The molecule has 0 N–H and O–H groups in total. The summed E-state index contributed by atoms with van der Waals surface area (Å²) in [6, 6.07) is 12.2. The molecule has 7 heteroatoms. The molecule has 1 aromatic carbocycles. The predicted octanol–water partition coefficient (Wildman–Crippen LogP) is 3.79. The van der Waals surface area contributed by atoms with E-state index in [0.29, 0.717) is 26.0 Å². The van der Waals surface area contributed by atoms with Gasteiger partial charge in [0.05, 0.1) is 30.9 Å². The molecule has 3 aromatic rings. The van der Waals surface area contributed by atoms with E-state index in [0.717, 1.165) is 47.7 Å². The van der Waals surface area contributed by atoms with Gasteiger partial charge < -0.3 is 9.64 Å². The quantitative estimate of drug-likeness (QED) is 0.552. The number of hydrogen-bond acceptors (Lipinski definition) is 7. The fourth-order valence-electron chi connectivity index (χ4n) is 4.54. The summed E-state index contributed by atoms with van der Waals surface area (Å²) in [7, 11) is 1.68. The van der Waals surface area contributed by atoms with Crippen LogP contribution < -0.4 is 0 Å². The van der Waals surface area contributed by atoms with Gasteiger partial charge in [0.15, 0.2) is 0 Å². The summed E-state index contributed by atoms with van der Waals surface area (Å²) < 4.78 is 5.37. The van der Waals surface area contributed by atoms with Gasteiger partial charge in [-0.15, -0.1) is 11.3 Å². The third kappa shape index (κ3) is 4.36. The lowest BCUT2D eigenvalue weighted by molar-refractivity contribution is -0.119. The summed E-state index contributed by atoms with van der Waals surface area (Å²) in [6.07, 6.45) is 3.64. The second-order valence-corrected chi connectivity index (χ2v) is 9.29. The number of ketones is 1. The normalized spacial score (nSPS) is 15.8. The van der Waals surface area contributed by atoms with Gasteiger partial charge in [0.1, 0.15) is 11.6 Å². The molecule has 4 heterocycles. The molecular weight excluding hydrogens is 420 g/mol. The number of Topliss-reactive ketones (excluding diaryl/α,β-unsaturated/α-hetero) is 1. The summed E-state index contributed by atoms with van der Waals surface area (Å²) in [5, 5.41) is 0. The number of pyridine rings is 1. The van der Waals surface area contributed by atoms with Crippen molar-refractivity contribution in [1.82, 2.24) is 14.9 Å². The molecule has 164 valence electrons. The zero-order valence-corrected chi connectivity index (χ0v) is 19.0. The standard InChI is InChI=1S/C25H26N4O2S/c1-31-15-19(17-5-3-2-4-6-17)10-21(30)11-20-9-18-12-27-25(22(18)13-26-20)29-8-7-23-24(14-29)32-16-28-23/h2-6,9,13,16,19H,7-8,10-12,14-15H2,1H3/t19-/m1/s1. The Morgan fingerprint density at radius 1 is 1.25 bits per heavy atom. The topological polar surface area (TPSA) is 67.7 Å². The number of ether oxygens (including phenoxy) is 1. The number of aliphatic imine (C=N–C) groups is 1. The van der Waals surface area contributed by atoms with Crippen molar-refractivity contribution >= 4 is 23.0 Å². The summed E-state index contributed by atoms with van der Waals surface area (Å²) >= 11 is 1.72. The lowest BCUT2D eigenvalue weighted by atomic mass is 9.93. The Morgan fingerprint density at radius 2 is 2.12 bits per heavy atom. The van der Waals surface area contributed by atoms with Crippen molar-refractivity contribution in [2.24, 2.45) is 4.99 Å². The fraction of sp³-hybridized carbons (Fsp3) is 0.360. The van der Waals surface area contributed by atoms with Crippen molar-refractivity contribution in [3.63, 3.8) is 0 Å². The van der Waals surface area contributed by atoms with Crippen molar-refractivity contribution in [2.75, 3.05) is 20.3 Å². The number of hydrogen-bond donors (Lipinski definition) is 0. The first-order valence-electron chi connectivity index (χ1n) is 11.0. The van der Waals surface area contributed by atoms with Crippen LogP contribution in [0.25, 0.3) is 0 Å². The fourth-order valence-corrected chi connectivity index (χ4v) is 5.37. The molecular formula is C25H26N4O2S. The second-order valence-electron chi connectivity index (χ2n) is 8.35. The highest BCUT2D eigenvalue weighted by Crippen LogP contribution is 2.28. The zero-order chi connectivity index (χ0) is 21.9. The first kappa shape index (κ1) is 21.0. The van der Waals surface area contributed by atoms with Gasteiger partial charge in [-0.2, -0.15) is 0 Å². The largest absolute Gasteiger partial charge is 0.384 e. The minimum Gasteiger partial charge on any atom is -0.384 e. The van der Waals surface area contributed by atoms with E-state index in [1.807, 2.05) is 29.9 Å². The van der Waals surface area contributed by atoms with Crippen LogP contribution >= 0.6 is 11.3 Å². The molecule has 0 saturated carbocycles. The molecule has 0 saturated heterocycles. The average molecular weight is 447 g/mol. The van der Waals surface area contributed by atoms with Crippen molar-refractivity contribution < 1.29 is 9.53 Å². The van der Waals surface area contributed by atoms with Crippen LogP contribution in [0.15, 0.2) is 53.1 Å². The second kappa shape index (κ2) is 9.30. The molecule has 0 fully saturated rings. The van der Waals surface area contributed by atoms with E-state index in [9.17, 15) is 4.79 Å². The first-order chi connectivity index (χ1) is 15.7. The van der Waals surface area contributed by atoms with Crippen LogP contribution in [0.4, 0.5) is 0 Å². The highest BCUT2D eigenvalue weighted by Gasteiger charge is 2.27. The molecule has 0 amide bonds. The van der Waals surface area contributed by atoms with Crippen LogP contribution in [0.3, 0.4) is 0 Å². The Balaban J connectivity index is 1.25. The van der Waals surface area contributed by atoms with Gasteiger partial charge in [0, 0.05) is 61.2 Å². The molecule has 6 nitrogen and oxygen atoms in total. The van der Waals surface area contributed by atoms with E-state index in [4.69, 9.17) is 9.73 Å². The van der Waals surface area contributed by atoms with E-state index in [1.54, 1.807) is 18.4 Å². The number of amidine groups is 1. The molecule has 5 rings (SSSR count). The van der Waals surface area contributed by atoms with Gasteiger partial charge >= 0.3 is 0 Å². The summed E-state index contributed by atoms with van der Waals surface area (Å²) in [5.41, 5.74) is 7.35. The maximum atomic E-state index is 12.8. The number of methoxy groups -OCH3 is 1. The summed E-state index contributed by atoms with van der Waals surface area (Å²) in [4.78, 5) is 30.4.